The van der Waals surface area contributed by atoms with Gasteiger partial charge in [-0.15, -0.1) is 0 Å². The van der Waals surface area contributed by atoms with E-state index in [9.17, 15) is 4.79 Å². The van der Waals surface area contributed by atoms with E-state index < -0.39 is 0 Å². The van der Waals surface area contributed by atoms with Crippen LogP contribution in [0.25, 0.3) is 0 Å². The summed E-state index contributed by atoms with van der Waals surface area (Å²) < 4.78 is 12.6. The number of ether oxygens (including phenoxy) is 2. The van der Waals surface area contributed by atoms with Crippen LogP contribution in [0.1, 0.15) is 38.4 Å². The second-order valence-corrected chi connectivity index (χ2v) is 7.17. The summed E-state index contributed by atoms with van der Waals surface area (Å²) in [6.07, 6.45) is 0. The number of nitrogens with one attached hydrogen (secondary N) is 1. The lowest BCUT2D eigenvalue weighted by Crippen LogP contribution is -2.15. The molecule has 0 bridgehead atoms. The first-order chi connectivity index (χ1) is 13.8. The number of carbonyl (C=O) groups is 1. The van der Waals surface area contributed by atoms with E-state index in [0.717, 1.165) is 33.8 Å². The molecule has 0 aliphatic rings. The molecule has 3 aromatic rings. The maximum atomic E-state index is 12.8. The van der Waals surface area contributed by atoms with Crippen molar-refractivity contribution >= 4 is 11.6 Å². The molecule has 0 saturated heterocycles. The summed E-state index contributed by atoms with van der Waals surface area (Å²) in [5.41, 5.74) is 6.13. The van der Waals surface area contributed by atoms with Crippen molar-refractivity contribution in [3.63, 3.8) is 0 Å². The standard InChI is InChI=1S/C23H27N3O3/c1-14-7-8-15(2)19(11-14)23(27)24-22-16(3)25-26(17(22)4)13-18-9-10-20(28-5)21(12-18)29-6/h7-12H,13H2,1-6H3,(H,24,27). The second kappa shape index (κ2) is 8.39. The zero-order chi connectivity index (χ0) is 21.1. The van der Waals surface area contributed by atoms with Crippen LogP contribution in [0.4, 0.5) is 5.69 Å². The van der Waals surface area contributed by atoms with Crippen LogP contribution in [-0.4, -0.2) is 29.9 Å². The number of hydrogen-bond donors (Lipinski definition) is 1. The summed E-state index contributed by atoms with van der Waals surface area (Å²) in [5, 5.41) is 7.66. The van der Waals surface area contributed by atoms with Crippen LogP contribution in [0.15, 0.2) is 36.4 Å². The van der Waals surface area contributed by atoms with Gasteiger partial charge < -0.3 is 14.8 Å². The molecule has 0 unspecified atom stereocenters. The second-order valence-electron chi connectivity index (χ2n) is 7.17. The van der Waals surface area contributed by atoms with Crippen molar-refractivity contribution < 1.29 is 14.3 Å². The van der Waals surface area contributed by atoms with Gasteiger partial charge in [-0.25, -0.2) is 0 Å². The van der Waals surface area contributed by atoms with Gasteiger partial charge in [-0.1, -0.05) is 23.8 Å². The molecule has 6 nitrogen and oxygen atoms in total. The number of nitrogens with zero attached hydrogens (tertiary/aromatic N) is 2. The number of aromatic nitrogens is 2. The minimum absolute atomic E-state index is 0.122. The molecule has 1 aromatic heterocycles. The number of carbonyl (C=O) groups excluding carboxylic acids is 1. The number of amides is 1. The monoisotopic (exact) mass is 393 g/mol. The Labute approximate surface area is 171 Å². The van der Waals surface area contributed by atoms with Crippen molar-refractivity contribution in [2.75, 3.05) is 19.5 Å². The molecule has 3 rings (SSSR count). The van der Waals surface area contributed by atoms with Crippen LogP contribution in [-0.2, 0) is 6.54 Å². The van der Waals surface area contributed by atoms with Gasteiger partial charge in [0.15, 0.2) is 11.5 Å². The Morgan fingerprint density at radius 1 is 1.00 bits per heavy atom. The third-order valence-electron chi connectivity index (χ3n) is 5.04. The summed E-state index contributed by atoms with van der Waals surface area (Å²) in [4.78, 5) is 12.8. The summed E-state index contributed by atoms with van der Waals surface area (Å²) >= 11 is 0. The molecule has 0 spiro atoms. The van der Waals surface area contributed by atoms with E-state index >= 15 is 0 Å². The van der Waals surface area contributed by atoms with E-state index in [-0.39, 0.29) is 5.91 Å². The van der Waals surface area contributed by atoms with Crippen LogP contribution in [0.5, 0.6) is 11.5 Å². The molecule has 2 aromatic carbocycles. The number of hydrogen-bond acceptors (Lipinski definition) is 4. The molecule has 0 aliphatic carbocycles. The van der Waals surface area contributed by atoms with Crippen molar-refractivity contribution in [3.05, 3.63) is 70.0 Å². The normalized spacial score (nSPS) is 10.7. The molecule has 0 radical (unpaired) electrons. The van der Waals surface area contributed by atoms with Crippen molar-refractivity contribution in [1.29, 1.82) is 0 Å². The number of rotatable bonds is 6. The Balaban J connectivity index is 1.85. The van der Waals surface area contributed by atoms with Gasteiger partial charge in [0.25, 0.3) is 5.91 Å². The largest absolute Gasteiger partial charge is 0.493 e. The van der Waals surface area contributed by atoms with E-state index in [4.69, 9.17) is 9.47 Å². The van der Waals surface area contributed by atoms with Crippen molar-refractivity contribution in [2.24, 2.45) is 0 Å². The Hall–Kier alpha value is -3.28. The third kappa shape index (κ3) is 4.26. The minimum Gasteiger partial charge on any atom is -0.493 e. The summed E-state index contributed by atoms with van der Waals surface area (Å²) in [6, 6.07) is 11.7. The molecule has 6 heteroatoms. The average Bonchev–Trinajstić information content (AvgIpc) is 2.96. The molecule has 1 heterocycles. The lowest BCUT2D eigenvalue weighted by Gasteiger charge is -2.11. The molecule has 152 valence electrons. The first kappa shape index (κ1) is 20.5. The zero-order valence-corrected chi connectivity index (χ0v) is 17.8. The lowest BCUT2D eigenvalue weighted by molar-refractivity contribution is 0.102. The fraction of sp³-hybridized carbons (Fsp3) is 0.304. The van der Waals surface area contributed by atoms with Crippen LogP contribution in [0, 0.1) is 27.7 Å². The highest BCUT2D eigenvalue weighted by Crippen LogP contribution is 2.29. The Kier molecular flexibility index (Phi) is 5.92. The van der Waals surface area contributed by atoms with Gasteiger partial charge in [0, 0.05) is 5.56 Å². The highest BCUT2D eigenvalue weighted by atomic mass is 16.5. The van der Waals surface area contributed by atoms with E-state index in [2.05, 4.69) is 10.4 Å². The summed E-state index contributed by atoms with van der Waals surface area (Å²) in [5.74, 6) is 1.24. The van der Waals surface area contributed by atoms with Crippen LogP contribution < -0.4 is 14.8 Å². The minimum atomic E-state index is -0.122. The highest BCUT2D eigenvalue weighted by molar-refractivity contribution is 6.06. The van der Waals surface area contributed by atoms with Crippen molar-refractivity contribution in [2.45, 2.75) is 34.2 Å². The van der Waals surface area contributed by atoms with Crippen LogP contribution >= 0.6 is 0 Å². The number of methoxy groups -OCH3 is 2. The molecule has 0 aliphatic heterocycles. The summed E-state index contributed by atoms with van der Waals surface area (Å²) in [7, 11) is 3.23. The predicted molar refractivity (Wildman–Crippen MR) is 114 cm³/mol. The molecule has 0 atom stereocenters. The van der Waals surface area contributed by atoms with Gasteiger partial charge in [0.2, 0.25) is 0 Å². The number of anilines is 1. The molecule has 1 amide bonds. The van der Waals surface area contributed by atoms with E-state index in [1.54, 1.807) is 14.2 Å². The third-order valence-corrected chi connectivity index (χ3v) is 5.04. The fourth-order valence-electron chi connectivity index (χ4n) is 3.35. The van der Waals surface area contributed by atoms with E-state index in [1.807, 2.05) is 68.8 Å². The van der Waals surface area contributed by atoms with E-state index in [0.29, 0.717) is 23.6 Å². The predicted octanol–water partition coefficient (Wildman–Crippen LogP) is 4.43. The maximum absolute atomic E-state index is 12.8. The first-order valence-electron chi connectivity index (χ1n) is 9.47. The number of benzene rings is 2. The average molecular weight is 393 g/mol. The van der Waals surface area contributed by atoms with Gasteiger partial charge in [-0.2, -0.15) is 5.10 Å². The van der Waals surface area contributed by atoms with Gasteiger partial charge in [-0.05, 0) is 57.0 Å². The van der Waals surface area contributed by atoms with Crippen molar-refractivity contribution in [1.82, 2.24) is 9.78 Å². The van der Waals surface area contributed by atoms with Gasteiger partial charge in [0.05, 0.1) is 37.8 Å². The Bertz CT molecular complexity index is 1050. The van der Waals surface area contributed by atoms with Crippen LogP contribution in [0.2, 0.25) is 0 Å². The molecule has 29 heavy (non-hydrogen) atoms. The highest BCUT2D eigenvalue weighted by Gasteiger charge is 2.17. The van der Waals surface area contributed by atoms with Crippen LogP contribution in [0.3, 0.4) is 0 Å². The van der Waals surface area contributed by atoms with E-state index in [1.165, 1.54) is 0 Å². The fourth-order valence-corrected chi connectivity index (χ4v) is 3.35. The quantitative estimate of drug-likeness (QED) is 0.673. The summed E-state index contributed by atoms with van der Waals surface area (Å²) in [6.45, 7) is 8.34. The zero-order valence-electron chi connectivity index (χ0n) is 17.8. The molecule has 1 N–H and O–H groups in total. The molecule has 0 saturated carbocycles. The van der Waals surface area contributed by atoms with Crippen molar-refractivity contribution in [3.8, 4) is 11.5 Å². The van der Waals surface area contributed by atoms with Gasteiger partial charge in [0.1, 0.15) is 0 Å². The Morgan fingerprint density at radius 2 is 1.72 bits per heavy atom. The lowest BCUT2D eigenvalue weighted by atomic mass is 10.0. The topological polar surface area (TPSA) is 65.4 Å². The number of aryl methyl sites for hydroxylation is 3. The molecule has 0 fully saturated rings. The molecular formula is C23H27N3O3. The van der Waals surface area contributed by atoms with Gasteiger partial charge >= 0.3 is 0 Å². The first-order valence-corrected chi connectivity index (χ1v) is 9.47. The molecular weight excluding hydrogens is 366 g/mol. The maximum Gasteiger partial charge on any atom is 0.256 e. The Morgan fingerprint density at radius 3 is 2.41 bits per heavy atom. The SMILES string of the molecule is COc1ccc(Cn2nc(C)c(NC(=O)c3cc(C)ccc3C)c2C)cc1OC. The van der Waals surface area contributed by atoms with Gasteiger partial charge in [-0.3, -0.25) is 9.48 Å². The smallest absolute Gasteiger partial charge is 0.256 e.